The number of urea groups is 1. The number of ether oxygens (including phenoxy) is 1. The monoisotopic (exact) mass is 328 g/mol. The van der Waals surface area contributed by atoms with Gasteiger partial charge in [-0.05, 0) is 31.5 Å². The minimum atomic E-state index is -0.450. The first-order valence-electron chi connectivity index (χ1n) is 5.98. The molecule has 0 aromatic heterocycles. The molecule has 2 N–H and O–H groups in total. The summed E-state index contributed by atoms with van der Waals surface area (Å²) in [6.45, 7) is 3.75. The van der Waals surface area contributed by atoms with Crippen molar-refractivity contribution >= 4 is 27.9 Å². The third-order valence-electron chi connectivity index (χ3n) is 2.42. The maximum atomic E-state index is 11.6. The average molecular weight is 329 g/mol. The molecule has 0 saturated carbocycles. The highest BCUT2D eigenvalue weighted by Gasteiger charge is 2.10. The van der Waals surface area contributed by atoms with Gasteiger partial charge in [-0.2, -0.15) is 0 Å². The summed E-state index contributed by atoms with van der Waals surface area (Å²) in [5, 5.41) is 5.19. The van der Waals surface area contributed by atoms with Crippen LogP contribution in [0.25, 0.3) is 0 Å². The Labute approximate surface area is 120 Å². The van der Waals surface area contributed by atoms with Crippen LogP contribution in [0.5, 0.6) is 0 Å². The Morgan fingerprint density at radius 3 is 2.53 bits per heavy atom. The Morgan fingerprint density at radius 1 is 1.32 bits per heavy atom. The van der Waals surface area contributed by atoms with Gasteiger partial charge in [0, 0.05) is 4.47 Å². The highest BCUT2D eigenvalue weighted by atomic mass is 79.9. The molecule has 0 bridgehead atoms. The van der Waals surface area contributed by atoms with Gasteiger partial charge in [0.1, 0.15) is 6.54 Å². The fourth-order valence-corrected chi connectivity index (χ4v) is 1.71. The highest BCUT2D eigenvalue weighted by molar-refractivity contribution is 9.10. The summed E-state index contributed by atoms with van der Waals surface area (Å²) in [6, 6.07) is 7.10. The fraction of sp³-hybridized carbons (Fsp3) is 0.385. The minimum Gasteiger partial charge on any atom is -0.465 e. The molecular formula is C13H17BrN2O3. The third kappa shape index (κ3) is 5.74. The van der Waals surface area contributed by atoms with E-state index in [1.807, 2.05) is 31.2 Å². The van der Waals surface area contributed by atoms with E-state index in [4.69, 9.17) is 4.74 Å². The van der Waals surface area contributed by atoms with Gasteiger partial charge < -0.3 is 15.4 Å². The molecule has 1 atom stereocenters. The van der Waals surface area contributed by atoms with Crippen LogP contribution in [0.1, 0.15) is 25.5 Å². The normalized spacial score (nSPS) is 11.5. The molecule has 5 nitrogen and oxygen atoms in total. The molecule has 0 fully saturated rings. The molecule has 19 heavy (non-hydrogen) atoms. The molecule has 6 heteroatoms. The molecule has 2 amide bonds. The topological polar surface area (TPSA) is 67.4 Å². The van der Waals surface area contributed by atoms with Gasteiger partial charge in [-0.15, -0.1) is 0 Å². The Hall–Kier alpha value is -1.56. The number of carbonyl (C=O) groups excluding carboxylic acids is 2. The molecule has 1 aromatic carbocycles. The van der Waals surface area contributed by atoms with Gasteiger partial charge in [-0.1, -0.05) is 28.1 Å². The Morgan fingerprint density at radius 2 is 1.95 bits per heavy atom. The van der Waals surface area contributed by atoms with Crippen LogP contribution in [0.2, 0.25) is 0 Å². The van der Waals surface area contributed by atoms with Crippen molar-refractivity contribution in [2.24, 2.45) is 0 Å². The lowest BCUT2D eigenvalue weighted by Crippen LogP contribution is -2.40. The lowest BCUT2D eigenvalue weighted by molar-refractivity contribution is -0.141. The maximum absolute atomic E-state index is 11.6. The Balaban J connectivity index is 2.39. The van der Waals surface area contributed by atoms with E-state index in [9.17, 15) is 9.59 Å². The first kappa shape index (κ1) is 15.5. The molecular weight excluding hydrogens is 312 g/mol. The fourth-order valence-electron chi connectivity index (χ4n) is 1.45. The average Bonchev–Trinajstić information content (AvgIpc) is 2.37. The summed E-state index contributed by atoms with van der Waals surface area (Å²) in [4.78, 5) is 22.6. The molecule has 0 radical (unpaired) electrons. The molecule has 0 aliphatic heterocycles. The van der Waals surface area contributed by atoms with Gasteiger partial charge in [-0.3, -0.25) is 4.79 Å². The summed E-state index contributed by atoms with van der Waals surface area (Å²) in [6.07, 6.45) is 0. The second kappa shape index (κ2) is 7.78. The van der Waals surface area contributed by atoms with Gasteiger partial charge in [0.05, 0.1) is 12.6 Å². The molecule has 0 spiro atoms. The van der Waals surface area contributed by atoms with Crippen LogP contribution < -0.4 is 10.6 Å². The summed E-state index contributed by atoms with van der Waals surface area (Å²) in [5.74, 6) is -0.450. The number of esters is 1. The van der Waals surface area contributed by atoms with Gasteiger partial charge >= 0.3 is 12.0 Å². The van der Waals surface area contributed by atoms with Crippen molar-refractivity contribution in [1.29, 1.82) is 0 Å². The van der Waals surface area contributed by atoms with Crippen LogP contribution in [0.4, 0.5) is 4.79 Å². The lowest BCUT2D eigenvalue weighted by atomic mass is 10.1. The van der Waals surface area contributed by atoms with E-state index in [2.05, 4.69) is 26.6 Å². The van der Waals surface area contributed by atoms with Crippen LogP contribution in [0.15, 0.2) is 28.7 Å². The molecule has 0 aliphatic rings. The molecule has 1 rings (SSSR count). The van der Waals surface area contributed by atoms with E-state index >= 15 is 0 Å². The van der Waals surface area contributed by atoms with Crippen molar-refractivity contribution in [1.82, 2.24) is 10.6 Å². The number of benzene rings is 1. The number of hydrogen-bond donors (Lipinski definition) is 2. The SMILES string of the molecule is CCOC(=O)CNC(=O)NC(C)c1ccc(Br)cc1. The van der Waals surface area contributed by atoms with Crippen molar-refractivity contribution in [2.45, 2.75) is 19.9 Å². The number of nitrogens with one attached hydrogen (secondary N) is 2. The number of rotatable bonds is 5. The number of halogens is 1. The molecule has 1 aromatic rings. The predicted octanol–water partition coefficient (Wildman–Crippen LogP) is 2.37. The second-order valence-corrected chi connectivity index (χ2v) is 4.82. The molecule has 104 valence electrons. The molecule has 1 unspecified atom stereocenters. The van der Waals surface area contributed by atoms with Gasteiger partial charge in [0.2, 0.25) is 0 Å². The zero-order chi connectivity index (χ0) is 14.3. The van der Waals surface area contributed by atoms with E-state index in [0.717, 1.165) is 10.0 Å². The van der Waals surface area contributed by atoms with Crippen molar-refractivity contribution in [3.05, 3.63) is 34.3 Å². The van der Waals surface area contributed by atoms with Crippen LogP contribution in [0, 0.1) is 0 Å². The smallest absolute Gasteiger partial charge is 0.325 e. The Kier molecular flexibility index (Phi) is 6.35. The van der Waals surface area contributed by atoms with E-state index in [0.29, 0.717) is 6.61 Å². The zero-order valence-corrected chi connectivity index (χ0v) is 12.5. The van der Waals surface area contributed by atoms with Crippen LogP contribution in [0.3, 0.4) is 0 Å². The number of amides is 2. The maximum Gasteiger partial charge on any atom is 0.325 e. The van der Waals surface area contributed by atoms with Crippen LogP contribution >= 0.6 is 15.9 Å². The van der Waals surface area contributed by atoms with Gasteiger partial charge in [0.25, 0.3) is 0 Å². The van der Waals surface area contributed by atoms with Crippen molar-refractivity contribution in [3.8, 4) is 0 Å². The summed E-state index contributed by atoms with van der Waals surface area (Å²) in [7, 11) is 0. The molecule has 0 saturated heterocycles. The summed E-state index contributed by atoms with van der Waals surface area (Å²) < 4.78 is 5.69. The van der Waals surface area contributed by atoms with Crippen LogP contribution in [-0.4, -0.2) is 25.2 Å². The van der Waals surface area contributed by atoms with E-state index in [1.165, 1.54) is 0 Å². The minimum absolute atomic E-state index is 0.132. The van der Waals surface area contributed by atoms with Gasteiger partial charge in [-0.25, -0.2) is 4.79 Å². The largest absolute Gasteiger partial charge is 0.465 e. The predicted molar refractivity (Wildman–Crippen MR) is 75.7 cm³/mol. The first-order valence-corrected chi connectivity index (χ1v) is 6.77. The van der Waals surface area contributed by atoms with E-state index in [-0.39, 0.29) is 12.6 Å². The van der Waals surface area contributed by atoms with Gasteiger partial charge in [0.15, 0.2) is 0 Å². The van der Waals surface area contributed by atoms with Crippen molar-refractivity contribution in [2.75, 3.05) is 13.2 Å². The van der Waals surface area contributed by atoms with Crippen molar-refractivity contribution in [3.63, 3.8) is 0 Å². The summed E-state index contributed by atoms with van der Waals surface area (Å²) >= 11 is 3.35. The second-order valence-electron chi connectivity index (χ2n) is 3.91. The lowest BCUT2D eigenvalue weighted by Gasteiger charge is -2.14. The summed E-state index contributed by atoms with van der Waals surface area (Å²) in [5.41, 5.74) is 0.981. The number of carbonyl (C=O) groups is 2. The third-order valence-corrected chi connectivity index (χ3v) is 2.94. The quantitative estimate of drug-likeness (QED) is 0.815. The van der Waals surface area contributed by atoms with E-state index < -0.39 is 12.0 Å². The highest BCUT2D eigenvalue weighted by Crippen LogP contribution is 2.16. The van der Waals surface area contributed by atoms with E-state index in [1.54, 1.807) is 6.92 Å². The standard InChI is InChI=1S/C13H17BrN2O3/c1-3-19-12(17)8-15-13(18)16-9(2)10-4-6-11(14)7-5-10/h4-7,9H,3,8H2,1-2H3,(H2,15,16,18). The zero-order valence-electron chi connectivity index (χ0n) is 10.9. The van der Waals surface area contributed by atoms with Crippen LogP contribution in [-0.2, 0) is 9.53 Å². The first-order chi connectivity index (χ1) is 9.02. The number of hydrogen-bond acceptors (Lipinski definition) is 3. The van der Waals surface area contributed by atoms with Crippen molar-refractivity contribution < 1.29 is 14.3 Å². The Bertz CT molecular complexity index is 434. The molecule has 0 aliphatic carbocycles. The molecule has 0 heterocycles.